The monoisotopic (exact) mass is 288 g/mol. The summed E-state index contributed by atoms with van der Waals surface area (Å²) in [4.78, 5) is 11.0. The molecule has 0 bridgehead atoms. The van der Waals surface area contributed by atoms with E-state index in [0.29, 0.717) is 11.0 Å². The maximum Gasteiger partial charge on any atom is 0.142 e. The predicted octanol–water partition coefficient (Wildman–Crippen LogP) is 4.94. The highest BCUT2D eigenvalue weighted by molar-refractivity contribution is 7.19. The Labute approximate surface area is 121 Å². The van der Waals surface area contributed by atoms with Gasteiger partial charge in [-0.1, -0.05) is 41.4 Å². The fraction of sp³-hybridized carbons (Fsp3) is 0.200. The molecule has 0 fully saturated rings. The lowest BCUT2D eigenvalue weighted by Crippen LogP contribution is -1.88. The van der Waals surface area contributed by atoms with Crippen LogP contribution in [0.1, 0.15) is 16.3 Å². The average molecular weight is 289 g/mol. The fourth-order valence-corrected chi connectivity index (χ4v) is 3.69. The largest absolute Gasteiger partial charge is 0.222 e. The number of hydrogen-bond donors (Lipinski definition) is 0. The Kier molecular flexibility index (Phi) is 3.03. The molecule has 2 heterocycles. The van der Waals surface area contributed by atoms with Gasteiger partial charge >= 0.3 is 0 Å². The number of hydrogen-bond acceptors (Lipinski definition) is 3. The van der Waals surface area contributed by atoms with Gasteiger partial charge in [0.2, 0.25) is 0 Å². The molecule has 0 N–H and O–H groups in total. The van der Waals surface area contributed by atoms with E-state index in [1.807, 2.05) is 6.92 Å². The minimum Gasteiger partial charge on any atom is -0.222 e. The van der Waals surface area contributed by atoms with Gasteiger partial charge in [-0.05, 0) is 26.3 Å². The molecule has 0 aliphatic carbocycles. The van der Waals surface area contributed by atoms with E-state index in [9.17, 15) is 0 Å². The van der Waals surface area contributed by atoms with Gasteiger partial charge in [-0.25, -0.2) is 9.97 Å². The van der Waals surface area contributed by atoms with E-state index in [0.717, 1.165) is 15.8 Å². The first-order chi connectivity index (χ1) is 9.06. The smallest absolute Gasteiger partial charge is 0.142 e. The van der Waals surface area contributed by atoms with Crippen molar-refractivity contribution in [3.63, 3.8) is 0 Å². The summed E-state index contributed by atoms with van der Waals surface area (Å²) < 4.78 is 0. The number of aryl methyl sites for hydroxylation is 3. The van der Waals surface area contributed by atoms with Crippen LogP contribution in [0.3, 0.4) is 0 Å². The summed E-state index contributed by atoms with van der Waals surface area (Å²) in [6, 6.07) is 8.47. The molecule has 0 saturated carbocycles. The molecule has 0 atom stereocenters. The van der Waals surface area contributed by atoms with Gasteiger partial charge in [0.1, 0.15) is 15.8 Å². The quantitative estimate of drug-likeness (QED) is 0.593. The van der Waals surface area contributed by atoms with Gasteiger partial charge in [-0.3, -0.25) is 0 Å². The summed E-state index contributed by atoms with van der Waals surface area (Å²) >= 11 is 7.99. The standard InChI is InChI=1S/C15H13ClN2S/c1-8-4-6-11(7-5-8)12-9(2)19-15-13(12)14(16)17-10(3)18-15/h4-7H,1-3H3. The first-order valence-corrected chi connectivity index (χ1v) is 7.26. The van der Waals surface area contributed by atoms with Crippen LogP contribution in [0.25, 0.3) is 21.3 Å². The zero-order valence-electron chi connectivity index (χ0n) is 11.0. The second-order valence-electron chi connectivity index (χ2n) is 4.64. The summed E-state index contributed by atoms with van der Waals surface area (Å²) in [5.41, 5.74) is 3.58. The molecule has 0 radical (unpaired) electrons. The van der Waals surface area contributed by atoms with Crippen molar-refractivity contribution < 1.29 is 0 Å². The van der Waals surface area contributed by atoms with E-state index in [4.69, 9.17) is 11.6 Å². The molecule has 1 aromatic carbocycles. The van der Waals surface area contributed by atoms with Gasteiger partial charge in [0.15, 0.2) is 0 Å². The minimum absolute atomic E-state index is 0.544. The summed E-state index contributed by atoms with van der Waals surface area (Å²) in [5, 5.41) is 1.51. The van der Waals surface area contributed by atoms with Crippen molar-refractivity contribution in [2.45, 2.75) is 20.8 Å². The first kappa shape index (κ1) is 12.6. The molecule has 0 aliphatic rings. The lowest BCUT2D eigenvalue weighted by molar-refractivity contribution is 1.10. The molecule has 96 valence electrons. The van der Waals surface area contributed by atoms with E-state index in [2.05, 4.69) is 48.1 Å². The van der Waals surface area contributed by atoms with E-state index in [-0.39, 0.29) is 0 Å². The van der Waals surface area contributed by atoms with E-state index in [1.54, 1.807) is 11.3 Å². The molecule has 3 aromatic rings. The Morgan fingerprint density at radius 3 is 2.37 bits per heavy atom. The topological polar surface area (TPSA) is 25.8 Å². The van der Waals surface area contributed by atoms with Gasteiger partial charge < -0.3 is 0 Å². The lowest BCUT2D eigenvalue weighted by Gasteiger charge is -2.04. The van der Waals surface area contributed by atoms with Gasteiger partial charge in [0, 0.05) is 10.4 Å². The van der Waals surface area contributed by atoms with Crippen LogP contribution in [0.2, 0.25) is 5.15 Å². The predicted molar refractivity (Wildman–Crippen MR) is 82.1 cm³/mol. The number of fused-ring (bicyclic) bond motifs is 1. The van der Waals surface area contributed by atoms with Crippen molar-refractivity contribution in [3.8, 4) is 11.1 Å². The van der Waals surface area contributed by atoms with Crippen molar-refractivity contribution in [1.82, 2.24) is 9.97 Å². The molecule has 0 amide bonds. The fourth-order valence-electron chi connectivity index (χ4n) is 2.24. The number of rotatable bonds is 1. The summed E-state index contributed by atoms with van der Waals surface area (Å²) in [7, 11) is 0. The third-order valence-electron chi connectivity index (χ3n) is 3.14. The minimum atomic E-state index is 0.544. The Balaban J connectivity index is 2.34. The maximum absolute atomic E-state index is 6.32. The van der Waals surface area contributed by atoms with Crippen LogP contribution in [0.5, 0.6) is 0 Å². The average Bonchev–Trinajstić information content (AvgIpc) is 2.66. The van der Waals surface area contributed by atoms with Gasteiger partial charge in [-0.2, -0.15) is 0 Å². The molecule has 19 heavy (non-hydrogen) atoms. The molecule has 0 aliphatic heterocycles. The highest BCUT2D eigenvalue weighted by Gasteiger charge is 2.16. The van der Waals surface area contributed by atoms with Crippen molar-refractivity contribution in [2.75, 3.05) is 0 Å². The van der Waals surface area contributed by atoms with Crippen LogP contribution in [-0.2, 0) is 0 Å². The molecule has 0 spiro atoms. The Bertz CT molecular complexity index is 760. The van der Waals surface area contributed by atoms with Gasteiger partial charge in [0.25, 0.3) is 0 Å². The van der Waals surface area contributed by atoms with Crippen LogP contribution in [0, 0.1) is 20.8 Å². The highest BCUT2D eigenvalue weighted by atomic mass is 35.5. The second-order valence-corrected chi connectivity index (χ2v) is 6.20. The number of nitrogens with zero attached hydrogens (tertiary/aromatic N) is 2. The molecular formula is C15H13ClN2S. The summed E-state index contributed by atoms with van der Waals surface area (Å²) in [6.07, 6.45) is 0. The Morgan fingerprint density at radius 2 is 1.68 bits per heavy atom. The van der Waals surface area contributed by atoms with Crippen molar-refractivity contribution in [2.24, 2.45) is 0 Å². The van der Waals surface area contributed by atoms with E-state index < -0.39 is 0 Å². The molecule has 0 saturated heterocycles. The zero-order chi connectivity index (χ0) is 13.6. The number of halogens is 1. The van der Waals surface area contributed by atoms with Crippen LogP contribution in [-0.4, -0.2) is 9.97 Å². The van der Waals surface area contributed by atoms with Crippen LogP contribution >= 0.6 is 22.9 Å². The molecule has 2 nitrogen and oxygen atoms in total. The third kappa shape index (κ3) is 2.13. The lowest BCUT2D eigenvalue weighted by atomic mass is 10.0. The van der Waals surface area contributed by atoms with Crippen LogP contribution < -0.4 is 0 Å². The molecule has 3 rings (SSSR count). The first-order valence-electron chi connectivity index (χ1n) is 6.06. The Morgan fingerprint density at radius 1 is 1.00 bits per heavy atom. The van der Waals surface area contributed by atoms with Crippen molar-refractivity contribution in [3.05, 3.63) is 45.7 Å². The number of thiophene rings is 1. The second kappa shape index (κ2) is 4.58. The molecule has 4 heteroatoms. The van der Waals surface area contributed by atoms with Gasteiger partial charge in [0.05, 0.1) is 5.39 Å². The summed E-state index contributed by atoms with van der Waals surface area (Å²) in [6.45, 7) is 6.06. The van der Waals surface area contributed by atoms with Crippen LogP contribution in [0.15, 0.2) is 24.3 Å². The normalized spacial score (nSPS) is 11.2. The maximum atomic E-state index is 6.32. The highest BCUT2D eigenvalue weighted by Crippen LogP contribution is 2.40. The van der Waals surface area contributed by atoms with Crippen molar-refractivity contribution >= 4 is 33.2 Å². The van der Waals surface area contributed by atoms with Crippen LogP contribution in [0.4, 0.5) is 0 Å². The third-order valence-corrected chi connectivity index (χ3v) is 4.41. The molecular weight excluding hydrogens is 276 g/mol. The van der Waals surface area contributed by atoms with E-state index in [1.165, 1.54) is 16.0 Å². The SMILES string of the molecule is Cc1ccc(-c2c(C)sc3nc(C)nc(Cl)c23)cc1. The van der Waals surface area contributed by atoms with E-state index >= 15 is 0 Å². The molecule has 2 aromatic heterocycles. The van der Waals surface area contributed by atoms with Crippen molar-refractivity contribution in [1.29, 1.82) is 0 Å². The number of benzene rings is 1. The Hall–Kier alpha value is -1.45. The number of aromatic nitrogens is 2. The zero-order valence-corrected chi connectivity index (χ0v) is 12.6. The molecule has 0 unspecified atom stereocenters. The summed E-state index contributed by atoms with van der Waals surface area (Å²) in [5.74, 6) is 0.717. The van der Waals surface area contributed by atoms with Gasteiger partial charge in [-0.15, -0.1) is 11.3 Å².